The molecule has 1 aromatic heterocycles. The number of benzene rings is 1. The van der Waals surface area contributed by atoms with E-state index in [-0.39, 0.29) is 6.54 Å². The van der Waals surface area contributed by atoms with Crippen LogP contribution in [0.5, 0.6) is 0 Å². The zero-order valence-electron chi connectivity index (χ0n) is 14.0. The van der Waals surface area contributed by atoms with Gasteiger partial charge in [0.25, 0.3) is 5.91 Å². The molecule has 26 heavy (non-hydrogen) atoms. The molecule has 0 saturated heterocycles. The second-order valence-corrected chi connectivity index (χ2v) is 5.67. The first-order valence-electron chi connectivity index (χ1n) is 7.65. The number of hydrogen-bond acceptors (Lipinski definition) is 5. The molecule has 0 spiro atoms. The maximum atomic E-state index is 11.6. The number of rotatable bonds is 6. The summed E-state index contributed by atoms with van der Waals surface area (Å²) in [5, 5.41) is 5.05. The fraction of sp³-hybridized carbons (Fsp3) is 0.167. The Labute approximate surface area is 155 Å². The van der Waals surface area contributed by atoms with Gasteiger partial charge in [-0.25, -0.2) is 9.59 Å². The Morgan fingerprint density at radius 1 is 1.27 bits per heavy atom. The van der Waals surface area contributed by atoms with E-state index in [9.17, 15) is 14.4 Å². The van der Waals surface area contributed by atoms with Crippen molar-refractivity contribution in [3.63, 3.8) is 0 Å². The van der Waals surface area contributed by atoms with Gasteiger partial charge < -0.3 is 14.5 Å². The van der Waals surface area contributed by atoms with Gasteiger partial charge in [-0.3, -0.25) is 10.1 Å². The number of carbonyl (C=O) groups is 3. The lowest BCUT2D eigenvalue weighted by Gasteiger charge is -2.05. The van der Waals surface area contributed by atoms with Crippen LogP contribution >= 0.6 is 11.6 Å². The summed E-state index contributed by atoms with van der Waals surface area (Å²) in [5.41, 5.74) is 1.65. The Morgan fingerprint density at radius 3 is 2.77 bits per heavy atom. The molecule has 136 valence electrons. The molecule has 0 aliphatic carbocycles. The average molecular weight is 377 g/mol. The Hall–Kier alpha value is -3.06. The highest BCUT2D eigenvalue weighted by Gasteiger charge is 2.10. The van der Waals surface area contributed by atoms with Gasteiger partial charge in [-0.2, -0.15) is 0 Å². The van der Waals surface area contributed by atoms with Crippen molar-refractivity contribution in [3.8, 4) is 0 Å². The maximum Gasteiger partial charge on any atom is 0.331 e. The highest BCUT2D eigenvalue weighted by Crippen LogP contribution is 2.17. The van der Waals surface area contributed by atoms with E-state index in [4.69, 9.17) is 20.8 Å². The molecule has 0 bridgehead atoms. The number of furan rings is 1. The summed E-state index contributed by atoms with van der Waals surface area (Å²) >= 11 is 5.99. The van der Waals surface area contributed by atoms with Gasteiger partial charge in [-0.15, -0.1) is 0 Å². The average Bonchev–Trinajstić information content (AvgIpc) is 3.13. The van der Waals surface area contributed by atoms with Crippen LogP contribution in [0.2, 0.25) is 5.02 Å². The summed E-state index contributed by atoms with van der Waals surface area (Å²) in [6.45, 7) is 1.42. The largest absolute Gasteiger partial charge is 0.467 e. The smallest absolute Gasteiger partial charge is 0.331 e. The summed E-state index contributed by atoms with van der Waals surface area (Å²) in [6.07, 6.45) is 4.16. The molecule has 2 aromatic rings. The molecule has 0 radical (unpaired) electrons. The van der Waals surface area contributed by atoms with Crippen LogP contribution in [0.1, 0.15) is 16.9 Å². The molecule has 2 N–H and O–H groups in total. The fourth-order valence-electron chi connectivity index (χ4n) is 1.85. The number of carbonyl (C=O) groups excluding carboxylic acids is 3. The third-order valence-corrected chi connectivity index (χ3v) is 3.62. The molecule has 2 rings (SSSR count). The van der Waals surface area contributed by atoms with Gasteiger partial charge in [0.1, 0.15) is 5.76 Å². The Kier molecular flexibility index (Phi) is 6.99. The Bertz CT molecular complexity index is 815. The number of amides is 3. The topological polar surface area (TPSA) is 97.6 Å². The Morgan fingerprint density at radius 2 is 2.08 bits per heavy atom. The van der Waals surface area contributed by atoms with Gasteiger partial charge in [0.05, 0.1) is 12.8 Å². The van der Waals surface area contributed by atoms with Gasteiger partial charge in [0.15, 0.2) is 6.61 Å². The van der Waals surface area contributed by atoms with E-state index in [0.717, 1.165) is 11.1 Å². The second-order valence-electron chi connectivity index (χ2n) is 5.26. The minimum atomic E-state index is -0.748. The monoisotopic (exact) mass is 376 g/mol. The van der Waals surface area contributed by atoms with Gasteiger partial charge in [0.2, 0.25) is 0 Å². The van der Waals surface area contributed by atoms with Crippen molar-refractivity contribution in [1.29, 1.82) is 0 Å². The molecule has 1 heterocycles. The van der Waals surface area contributed by atoms with Gasteiger partial charge in [-0.05, 0) is 42.3 Å². The van der Waals surface area contributed by atoms with Crippen molar-refractivity contribution in [2.24, 2.45) is 0 Å². The van der Waals surface area contributed by atoms with Crippen LogP contribution in [0.3, 0.4) is 0 Å². The van der Waals surface area contributed by atoms with E-state index in [2.05, 4.69) is 5.32 Å². The van der Waals surface area contributed by atoms with E-state index in [0.29, 0.717) is 10.8 Å². The van der Waals surface area contributed by atoms with Gasteiger partial charge in [-0.1, -0.05) is 23.7 Å². The van der Waals surface area contributed by atoms with Crippen LogP contribution in [0.25, 0.3) is 6.08 Å². The van der Waals surface area contributed by atoms with Crippen molar-refractivity contribution in [1.82, 2.24) is 10.6 Å². The van der Waals surface area contributed by atoms with Crippen LogP contribution in [0, 0.1) is 6.92 Å². The normalized spacial score (nSPS) is 10.5. The lowest BCUT2D eigenvalue weighted by atomic mass is 10.1. The number of hydrogen-bond donors (Lipinski definition) is 2. The zero-order valence-corrected chi connectivity index (χ0v) is 14.7. The van der Waals surface area contributed by atoms with E-state index in [1.54, 1.807) is 24.3 Å². The number of nitrogens with one attached hydrogen (secondary N) is 2. The standard InChI is InChI=1S/C18H17ClN2O5/c1-12-4-5-13(9-15(12)19)6-7-17(23)26-11-16(22)21-18(24)20-10-14-3-2-8-25-14/h2-9H,10-11H2,1H3,(H2,20,21,22,24)/b7-6+. The minimum absolute atomic E-state index is 0.133. The molecule has 8 heteroatoms. The predicted octanol–water partition coefficient (Wildman–Crippen LogP) is 2.82. The third-order valence-electron chi connectivity index (χ3n) is 3.21. The first-order valence-corrected chi connectivity index (χ1v) is 8.03. The number of aryl methyl sites for hydroxylation is 1. The SMILES string of the molecule is Cc1ccc(/C=C/C(=O)OCC(=O)NC(=O)NCc2ccco2)cc1Cl. The Balaban J connectivity index is 1.70. The minimum Gasteiger partial charge on any atom is -0.467 e. The summed E-state index contributed by atoms with van der Waals surface area (Å²) in [6, 6.07) is 7.96. The molecule has 0 fully saturated rings. The van der Waals surface area contributed by atoms with E-state index in [1.165, 1.54) is 18.4 Å². The highest BCUT2D eigenvalue weighted by atomic mass is 35.5. The lowest BCUT2D eigenvalue weighted by molar-refractivity contribution is -0.143. The van der Waals surface area contributed by atoms with Crippen molar-refractivity contribution < 1.29 is 23.5 Å². The van der Waals surface area contributed by atoms with Crippen LogP contribution in [0.4, 0.5) is 4.79 Å². The second kappa shape index (κ2) is 9.43. The van der Waals surface area contributed by atoms with E-state index < -0.39 is 24.5 Å². The van der Waals surface area contributed by atoms with Gasteiger partial charge in [0, 0.05) is 11.1 Å². The number of imide groups is 1. The molecule has 0 saturated carbocycles. The summed E-state index contributed by atoms with van der Waals surface area (Å²) in [4.78, 5) is 34.7. The molecule has 1 aromatic carbocycles. The quantitative estimate of drug-likeness (QED) is 0.596. The highest BCUT2D eigenvalue weighted by molar-refractivity contribution is 6.31. The van der Waals surface area contributed by atoms with Crippen molar-refractivity contribution in [2.75, 3.05) is 6.61 Å². The zero-order chi connectivity index (χ0) is 18.9. The third kappa shape index (κ3) is 6.45. The maximum absolute atomic E-state index is 11.6. The van der Waals surface area contributed by atoms with Crippen molar-refractivity contribution in [2.45, 2.75) is 13.5 Å². The lowest BCUT2D eigenvalue weighted by Crippen LogP contribution is -2.41. The van der Waals surface area contributed by atoms with Crippen LogP contribution in [0.15, 0.2) is 47.1 Å². The molecule has 0 aliphatic heterocycles. The molecular weight excluding hydrogens is 360 g/mol. The first kappa shape index (κ1) is 19.3. The number of ether oxygens (including phenoxy) is 1. The molecular formula is C18H17ClN2O5. The fourth-order valence-corrected chi connectivity index (χ4v) is 2.04. The number of esters is 1. The predicted molar refractivity (Wildman–Crippen MR) is 95.3 cm³/mol. The van der Waals surface area contributed by atoms with E-state index in [1.807, 2.05) is 18.3 Å². The molecule has 0 unspecified atom stereocenters. The summed E-state index contributed by atoms with van der Waals surface area (Å²) in [7, 11) is 0. The molecule has 0 atom stereocenters. The summed E-state index contributed by atoms with van der Waals surface area (Å²) in [5.74, 6) is -0.921. The van der Waals surface area contributed by atoms with Crippen molar-refractivity contribution in [3.05, 3.63) is 64.6 Å². The van der Waals surface area contributed by atoms with Crippen LogP contribution in [-0.4, -0.2) is 24.5 Å². The van der Waals surface area contributed by atoms with E-state index >= 15 is 0 Å². The van der Waals surface area contributed by atoms with Crippen LogP contribution < -0.4 is 10.6 Å². The number of halogens is 1. The first-order chi connectivity index (χ1) is 12.4. The molecule has 0 aliphatic rings. The van der Waals surface area contributed by atoms with Crippen LogP contribution in [-0.2, 0) is 20.9 Å². The van der Waals surface area contributed by atoms with Gasteiger partial charge >= 0.3 is 12.0 Å². The number of urea groups is 1. The summed E-state index contributed by atoms with van der Waals surface area (Å²) < 4.78 is 9.79. The molecule has 3 amide bonds. The van der Waals surface area contributed by atoms with Crippen molar-refractivity contribution >= 4 is 35.6 Å². The molecule has 7 nitrogen and oxygen atoms in total.